The van der Waals surface area contributed by atoms with Crippen LogP contribution in [-0.2, 0) is 16.1 Å². The number of nitrogens with zero attached hydrogens (tertiary/aromatic N) is 4. The third-order valence-corrected chi connectivity index (χ3v) is 7.13. The van der Waals surface area contributed by atoms with Gasteiger partial charge in [-0.15, -0.1) is 0 Å². The van der Waals surface area contributed by atoms with E-state index in [-0.39, 0.29) is 17.5 Å². The van der Waals surface area contributed by atoms with Crippen LogP contribution in [0.5, 0.6) is 0 Å². The SMILES string of the molecule is CC1C(=O)N(C)Cc2c(-c3cccc4nc(C5=CCOCC5)c(C(F)F)cc34)nc(C3CC3)n21. The number of aromatic nitrogens is 3. The molecule has 1 atom stereocenters. The number of hydrogen-bond acceptors (Lipinski definition) is 4. The van der Waals surface area contributed by atoms with Crippen molar-refractivity contribution in [1.29, 1.82) is 0 Å². The number of benzene rings is 1. The number of fused-ring (bicyclic) bond motifs is 2. The quantitative estimate of drug-likeness (QED) is 0.529. The molecular weight excluding hydrogens is 438 g/mol. The maximum absolute atomic E-state index is 14.2. The summed E-state index contributed by atoms with van der Waals surface area (Å²) in [5.74, 6) is 1.34. The van der Waals surface area contributed by atoms with Crippen molar-refractivity contribution in [2.45, 2.75) is 51.1 Å². The molecule has 0 bridgehead atoms. The predicted molar refractivity (Wildman–Crippen MR) is 124 cm³/mol. The summed E-state index contributed by atoms with van der Waals surface area (Å²) in [6.45, 7) is 3.26. The van der Waals surface area contributed by atoms with Crippen molar-refractivity contribution in [3.8, 4) is 11.3 Å². The average Bonchev–Trinajstić information content (AvgIpc) is 3.63. The number of pyridine rings is 1. The molecule has 0 radical (unpaired) electrons. The topological polar surface area (TPSA) is 60.3 Å². The zero-order chi connectivity index (χ0) is 23.6. The summed E-state index contributed by atoms with van der Waals surface area (Å²) in [6, 6.07) is 6.94. The molecule has 2 aromatic heterocycles. The highest BCUT2D eigenvalue weighted by Gasteiger charge is 2.38. The fourth-order valence-electron chi connectivity index (χ4n) is 5.23. The van der Waals surface area contributed by atoms with Crippen LogP contribution >= 0.6 is 0 Å². The Hall–Kier alpha value is -3.13. The van der Waals surface area contributed by atoms with E-state index in [4.69, 9.17) is 14.7 Å². The molecule has 1 saturated carbocycles. The Morgan fingerprint density at radius 3 is 2.71 bits per heavy atom. The fourth-order valence-corrected chi connectivity index (χ4v) is 5.23. The Morgan fingerprint density at radius 1 is 1.18 bits per heavy atom. The maximum Gasteiger partial charge on any atom is 0.265 e. The maximum atomic E-state index is 14.2. The van der Waals surface area contributed by atoms with Gasteiger partial charge in [-0.2, -0.15) is 0 Å². The van der Waals surface area contributed by atoms with Crippen LogP contribution in [0.25, 0.3) is 27.7 Å². The second kappa shape index (κ2) is 7.98. The van der Waals surface area contributed by atoms with Crippen LogP contribution in [0.4, 0.5) is 8.78 Å². The van der Waals surface area contributed by atoms with Gasteiger partial charge in [0.2, 0.25) is 5.91 Å². The number of alkyl halides is 2. The highest BCUT2D eigenvalue weighted by atomic mass is 19.3. The van der Waals surface area contributed by atoms with E-state index in [9.17, 15) is 13.6 Å². The lowest BCUT2D eigenvalue weighted by atomic mass is 9.97. The van der Waals surface area contributed by atoms with E-state index in [1.165, 1.54) is 0 Å². The van der Waals surface area contributed by atoms with Gasteiger partial charge < -0.3 is 14.2 Å². The van der Waals surface area contributed by atoms with Gasteiger partial charge in [0.25, 0.3) is 6.43 Å². The average molecular weight is 465 g/mol. The molecule has 1 aliphatic carbocycles. The Morgan fingerprint density at radius 2 is 2.00 bits per heavy atom. The normalized spacial score (nSPS) is 20.7. The Kier molecular flexibility index (Phi) is 5.02. The van der Waals surface area contributed by atoms with Crippen molar-refractivity contribution in [3.63, 3.8) is 0 Å². The Bertz CT molecular complexity index is 1340. The first-order valence-electron chi connectivity index (χ1n) is 11.8. The zero-order valence-corrected chi connectivity index (χ0v) is 19.2. The van der Waals surface area contributed by atoms with Crippen molar-refractivity contribution in [2.75, 3.05) is 20.3 Å². The van der Waals surface area contributed by atoms with Gasteiger partial charge in [-0.1, -0.05) is 18.2 Å². The molecule has 6 rings (SSSR count). The molecule has 4 heterocycles. The summed E-state index contributed by atoms with van der Waals surface area (Å²) in [5.41, 5.74) is 4.25. The largest absolute Gasteiger partial charge is 0.377 e. The van der Waals surface area contributed by atoms with Crippen LogP contribution in [-0.4, -0.2) is 45.6 Å². The molecule has 0 N–H and O–H groups in total. The zero-order valence-electron chi connectivity index (χ0n) is 19.2. The lowest BCUT2D eigenvalue weighted by Crippen LogP contribution is -2.39. The lowest BCUT2D eigenvalue weighted by Gasteiger charge is -2.31. The first-order chi connectivity index (χ1) is 16.4. The molecule has 34 heavy (non-hydrogen) atoms. The predicted octanol–water partition coefficient (Wildman–Crippen LogP) is 5.25. The van der Waals surface area contributed by atoms with Crippen LogP contribution < -0.4 is 0 Å². The summed E-state index contributed by atoms with van der Waals surface area (Å²) >= 11 is 0. The second-order valence-electron chi connectivity index (χ2n) is 9.43. The van der Waals surface area contributed by atoms with E-state index in [0.717, 1.165) is 41.2 Å². The standard InChI is InChI=1S/C26H26F2N4O2/c1-14-26(33)31(2)13-21-23(30-25(32(14)21)16-6-7-16)17-4-3-5-20-18(17)12-19(24(27)28)22(29-20)15-8-10-34-11-9-15/h3-5,8,12,14,16,24H,6-7,9-11,13H2,1-2H3. The second-order valence-corrected chi connectivity index (χ2v) is 9.43. The smallest absolute Gasteiger partial charge is 0.265 e. The minimum absolute atomic E-state index is 0.0623. The number of amides is 1. The first-order valence-corrected chi connectivity index (χ1v) is 11.8. The first kappa shape index (κ1) is 21.4. The van der Waals surface area contributed by atoms with Crippen LogP contribution in [0.2, 0.25) is 0 Å². The van der Waals surface area contributed by atoms with Crippen molar-refractivity contribution in [2.24, 2.45) is 0 Å². The number of imidazole rings is 1. The number of carbonyl (C=O) groups is 1. The van der Waals surface area contributed by atoms with E-state index in [1.807, 2.05) is 31.2 Å². The summed E-state index contributed by atoms with van der Waals surface area (Å²) in [6.07, 6.45) is 1.87. The molecule has 3 aliphatic rings. The molecule has 1 amide bonds. The van der Waals surface area contributed by atoms with E-state index < -0.39 is 6.43 Å². The molecule has 0 spiro atoms. The molecule has 1 aromatic carbocycles. The molecule has 8 heteroatoms. The molecule has 3 aromatic rings. The summed E-state index contributed by atoms with van der Waals surface area (Å²) in [5, 5.41) is 0.657. The van der Waals surface area contributed by atoms with Gasteiger partial charge >= 0.3 is 0 Å². The fraction of sp³-hybridized carbons (Fsp3) is 0.423. The van der Waals surface area contributed by atoms with E-state index in [1.54, 1.807) is 18.0 Å². The van der Waals surface area contributed by atoms with Gasteiger partial charge in [0.15, 0.2) is 0 Å². The molecule has 2 aliphatic heterocycles. The van der Waals surface area contributed by atoms with Crippen molar-refractivity contribution >= 4 is 22.4 Å². The summed E-state index contributed by atoms with van der Waals surface area (Å²) in [7, 11) is 1.79. The number of halogens is 2. The van der Waals surface area contributed by atoms with Gasteiger partial charge in [0.05, 0.1) is 42.4 Å². The van der Waals surface area contributed by atoms with Gasteiger partial charge in [-0.05, 0) is 43.9 Å². The van der Waals surface area contributed by atoms with Gasteiger partial charge in [-0.3, -0.25) is 4.79 Å². The lowest BCUT2D eigenvalue weighted by molar-refractivity contribution is -0.135. The van der Waals surface area contributed by atoms with Gasteiger partial charge in [-0.25, -0.2) is 18.7 Å². The molecule has 0 saturated heterocycles. The van der Waals surface area contributed by atoms with E-state index in [0.29, 0.717) is 48.7 Å². The Labute approximate surface area is 196 Å². The third-order valence-electron chi connectivity index (χ3n) is 7.13. The highest BCUT2D eigenvalue weighted by Crippen LogP contribution is 2.45. The summed E-state index contributed by atoms with van der Waals surface area (Å²) < 4.78 is 35.9. The minimum Gasteiger partial charge on any atom is -0.377 e. The van der Waals surface area contributed by atoms with Crippen molar-refractivity contribution < 1.29 is 18.3 Å². The third kappa shape index (κ3) is 3.35. The van der Waals surface area contributed by atoms with Gasteiger partial charge in [0, 0.05) is 29.5 Å². The number of likely N-dealkylation sites (N-methyl/N-ethyl adjacent to an activating group) is 1. The molecule has 6 nitrogen and oxygen atoms in total. The van der Waals surface area contributed by atoms with Crippen LogP contribution in [0.1, 0.15) is 67.3 Å². The van der Waals surface area contributed by atoms with E-state index >= 15 is 0 Å². The molecule has 176 valence electrons. The number of carbonyl (C=O) groups excluding carboxylic acids is 1. The molecule has 1 fully saturated rings. The minimum atomic E-state index is -2.65. The molecule has 1 unspecified atom stereocenters. The number of hydrogen-bond donors (Lipinski definition) is 0. The van der Waals surface area contributed by atoms with Crippen LogP contribution in [0.3, 0.4) is 0 Å². The molecular formula is C26H26F2N4O2. The summed E-state index contributed by atoms with van der Waals surface area (Å²) in [4.78, 5) is 24.2. The number of rotatable bonds is 4. The highest BCUT2D eigenvalue weighted by molar-refractivity contribution is 5.96. The Balaban J connectivity index is 1.57. The van der Waals surface area contributed by atoms with E-state index in [2.05, 4.69) is 4.57 Å². The van der Waals surface area contributed by atoms with Crippen molar-refractivity contribution in [1.82, 2.24) is 19.4 Å². The number of ether oxygens (including phenoxy) is 1. The monoisotopic (exact) mass is 464 g/mol. The van der Waals surface area contributed by atoms with Crippen molar-refractivity contribution in [3.05, 3.63) is 53.1 Å². The van der Waals surface area contributed by atoms with Crippen LogP contribution in [0, 0.1) is 0 Å². The van der Waals surface area contributed by atoms with Crippen LogP contribution in [0.15, 0.2) is 30.3 Å². The van der Waals surface area contributed by atoms with Gasteiger partial charge in [0.1, 0.15) is 11.9 Å².